The minimum atomic E-state index is -0.0829. The first kappa shape index (κ1) is 13.9. The molecule has 0 bridgehead atoms. The van der Waals surface area contributed by atoms with Crippen LogP contribution in [-0.2, 0) is 6.42 Å². The van der Waals surface area contributed by atoms with Crippen molar-refractivity contribution in [3.63, 3.8) is 0 Å². The van der Waals surface area contributed by atoms with Crippen molar-refractivity contribution in [2.75, 3.05) is 36.0 Å². The van der Waals surface area contributed by atoms with Gasteiger partial charge in [-0.3, -0.25) is 0 Å². The van der Waals surface area contributed by atoms with E-state index in [0.29, 0.717) is 0 Å². The van der Waals surface area contributed by atoms with Gasteiger partial charge in [-0.15, -0.1) is 0 Å². The Hall–Kier alpha value is -2.03. The molecule has 0 unspecified atom stereocenters. The van der Waals surface area contributed by atoms with Crippen LogP contribution < -0.4 is 9.80 Å². The lowest BCUT2D eigenvalue weighted by Crippen LogP contribution is -2.46. The molecule has 110 valence electrons. The molecule has 2 nitrogen and oxygen atoms in total. The van der Waals surface area contributed by atoms with Gasteiger partial charge in [-0.2, -0.15) is 0 Å². The SMILES string of the molecule is CCc1ccc(N2CCN(c3ccccc3)CC2)cc1F. The van der Waals surface area contributed by atoms with Gasteiger partial charge >= 0.3 is 0 Å². The standard InChI is InChI=1S/C18H21FN2/c1-2-15-8-9-17(14-18(15)19)21-12-10-20(11-13-21)16-6-4-3-5-7-16/h3-9,14H,2,10-13H2,1H3. The van der Waals surface area contributed by atoms with E-state index in [4.69, 9.17) is 0 Å². The highest BCUT2D eigenvalue weighted by Gasteiger charge is 2.18. The van der Waals surface area contributed by atoms with E-state index in [9.17, 15) is 4.39 Å². The lowest BCUT2D eigenvalue weighted by Gasteiger charge is -2.37. The maximum Gasteiger partial charge on any atom is 0.128 e. The van der Waals surface area contributed by atoms with E-state index < -0.39 is 0 Å². The van der Waals surface area contributed by atoms with E-state index in [1.807, 2.05) is 25.1 Å². The van der Waals surface area contributed by atoms with Crippen LogP contribution in [0.2, 0.25) is 0 Å². The summed E-state index contributed by atoms with van der Waals surface area (Å²) in [5.74, 6) is -0.0829. The van der Waals surface area contributed by atoms with Crippen LogP contribution in [-0.4, -0.2) is 26.2 Å². The van der Waals surface area contributed by atoms with Crippen molar-refractivity contribution in [1.29, 1.82) is 0 Å². The monoisotopic (exact) mass is 284 g/mol. The van der Waals surface area contributed by atoms with E-state index in [0.717, 1.165) is 43.9 Å². The molecule has 0 aliphatic carbocycles. The third-order valence-corrected chi connectivity index (χ3v) is 4.18. The molecule has 1 heterocycles. The van der Waals surface area contributed by atoms with Gasteiger partial charge in [0.1, 0.15) is 5.82 Å². The van der Waals surface area contributed by atoms with Gasteiger partial charge in [0.2, 0.25) is 0 Å². The Morgan fingerprint density at radius 3 is 2.05 bits per heavy atom. The number of anilines is 2. The van der Waals surface area contributed by atoms with E-state index in [1.165, 1.54) is 5.69 Å². The van der Waals surface area contributed by atoms with Crippen LogP contribution in [0.25, 0.3) is 0 Å². The van der Waals surface area contributed by atoms with Crippen LogP contribution >= 0.6 is 0 Å². The molecule has 1 saturated heterocycles. The number of hydrogen-bond donors (Lipinski definition) is 0. The Bertz CT molecular complexity index is 589. The Labute approximate surface area is 125 Å². The number of piperazine rings is 1. The average molecular weight is 284 g/mol. The Morgan fingerprint density at radius 1 is 0.857 bits per heavy atom. The molecule has 21 heavy (non-hydrogen) atoms. The molecule has 0 N–H and O–H groups in total. The molecule has 2 aromatic carbocycles. The second-order valence-corrected chi connectivity index (χ2v) is 5.44. The van der Waals surface area contributed by atoms with Gasteiger partial charge in [-0.1, -0.05) is 31.2 Å². The highest BCUT2D eigenvalue weighted by Crippen LogP contribution is 2.22. The fraction of sp³-hybridized carbons (Fsp3) is 0.333. The number of rotatable bonds is 3. The second-order valence-electron chi connectivity index (χ2n) is 5.44. The number of nitrogens with zero attached hydrogens (tertiary/aromatic N) is 2. The van der Waals surface area contributed by atoms with Gasteiger partial charge < -0.3 is 9.80 Å². The molecule has 1 aliphatic rings. The van der Waals surface area contributed by atoms with Crippen molar-refractivity contribution in [3.8, 4) is 0 Å². The van der Waals surface area contributed by atoms with Crippen LogP contribution in [0.5, 0.6) is 0 Å². The quantitative estimate of drug-likeness (QED) is 0.847. The summed E-state index contributed by atoms with van der Waals surface area (Å²) >= 11 is 0. The highest BCUT2D eigenvalue weighted by atomic mass is 19.1. The summed E-state index contributed by atoms with van der Waals surface area (Å²) in [7, 11) is 0. The fourth-order valence-corrected chi connectivity index (χ4v) is 2.88. The maximum atomic E-state index is 13.9. The molecule has 1 aliphatic heterocycles. The first-order valence-electron chi connectivity index (χ1n) is 7.61. The third kappa shape index (κ3) is 3.02. The van der Waals surface area contributed by atoms with Gasteiger partial charge in [-0.05, 0) is 36.2 Å². The molecule has 0 aromatic heterocycles. The molecule has 0 spiro atoms. The van der Waals surface area contributed by atoms with Crippen molar-refractivity contribution in [3.05, 3.63) is 59.9 Å². The topological polar surface area (TPSA) is 6.48 Å². The summed E-state index contributed by atoms with van der Waals surface area (Å²) < 4.78 is 13.9. The Morgan fingerprint density at radius 2 is 1.48 bits per heavy atom. The van der Waals surface area contributed by atoms with E-state index in [-0.39, 0.29) is 5.82 Å². The van der Waals surface area contributed by atoms with Crippen LogP contribution in [0.4, 0.5) is 15.8 Å². The molecule has 2 aromatic rings. The first-order valence-corrected chi connectivity index (χ1v) is 7.61. The summed E-state index contributed by atoms with van der Waals surface area (Å²) in [5.41, 5.74) is 3.06. The van der Waals surface area contributed by atoms with Crippen molar-refractivity contribution in [2.45, 2.75) is 13.3 Å². The maximum absolute atomic E-state index is 13.9. The molecule has 1 fully saturated rings. The predicted octanol–water partition coefficient (Wildman–Crippen LogP) is 3.71. The number of hydrogen-bond acceptors (Lipinski definition) is 2. The van der Waals surface area contributed by atoms with Gasteiger partial charge in [0, 0.05) is 37.6 Å². The molecular weight excluding hydrogens is 263 g/mol. The van der Waals surface area contributed by atoms with Crippen molar-refractivity contribution in [2.24, 2.45) is 0 Å². The molecule has 3 rings (SSSR count). The average Bonchev–Trinajstić information content (AvgIpc) is 2.56. The summed E-state index contributed by atoms with van der Waals surface area (Å²) in [5, 5.41) is 0. The highest BCUT2D eigenvalue weighted by molar-refractivity contribution is 5.52. The molecule has 3 heteroatoms. The zero-order chi connectivity index (χ0) is 14.7. The minimum absolute atomic E-state index is 0.0829. The zero-order valence-electron chi connectivity index (χ0n) is 12.4. The third-order valence-electron chi connectivity index (χ3n) is 4.18. The van der Waals surface area contributed by atoms with E-state index in [1.54, 1.807) is 6.07 Å². The van der Waals surface area contributed by atoms with E-state index in [2.05, 4.69) is 34.1 Å². The fourth-order valence-electron chi connectivity index (χ4n) is 2.88. The van der Waals surface area contributed by atoms with Crippen LogP contribution in [0.1, 0.15) is 12.5 Å². The Balaban J connectivity index is 1.67. The zero-order valence-corrected chi connectivity index (χ0v) is 12.4. The van der Waals surface area contributed by atoms with Gasteiger partial charge in [-0.25, -0.2) is 4.39 Å². The number of aryl methyl sites for hydroxylation is 1. The van der Waals surface area contributed by atoms with Crippen molar-refractivity contribution in [1.82, 2.24) is 0 Å². The lowest BCUT2D eigenvalue weighted by atomic mass is 10.1. The van der Waals surface area contributed by atoms with Crippen LogP contribution in [0.15, 0.2) is 48.5 Å². The summed E-state index contributed by atoms with van der Waals surface area (Å²) in [6, 6.07) is 16.1. The van der Waals surface area contributed by atoms with Crippen LogP contribution in [0, 0.1) is 5.82 Å². The van der Waals surface area contributed by atoms with Crippen molar-refractivity contribution < 1.29 is 4.39 Å². The largest absolute Gasteiger partial charge is 0.368 e. The summed E-state index contributed by atoms with van der Waals surface area (Å²) in [4.78, 5) is 4.65. The smallest absolute Gasteiger partial charge is 0.128 e. The molecule has 0 atom stereocenters. The lowest BCUT2D eigenvalue weighted by molar-refractivity contribution is 0.607. The molecule has 0 amide bonds. The van der Waals surface area contributed by atoms with Gasteiger partial charge in [0.05, 0.1) is 0 Å². The van der Waals surface area contributed by atoms with Gasteiger partial charge in [0.15, 0.2) is 0 Å². The van der Waals surface area contributed by atoms with E-state index >= 15 is 0 Å². The first-order chi connectivity index (χ1) is 10.3. The second kappa shape index (κ2) is 6.17. The molecular formula is C18H21FN2. The number of halogens is 1. The van der Waals surface area contributed by atoms with Gasteiger partial charge in [0.25, 0.3) is 0 Å². The number of benzene rings is 2. The summed E-state index contributed by atoms with van der Waals surface area (Å²) in [6.45, 7) is 5.79. The van der Waals surface area contributed by atoms with Crippen LogP contribution in [0.3, 0.4) is 0 Å². The Kier molecular flexibility index (Phi) is 4.09. The minimum Gasteiger partial charge on any atom is -0.368 e. The van der Waals surface area contributed by atoms with Crippen molar-refractivity contribution >= 4 is 11.4 Å². The normalized spacial score (nSPS) is 15.3. The molecule has 0 radical (unpaired) electrons. The predicted molar refractivity (Wildman–Crippen MR) is 86.6 cm³/mol. The summed E-state index contributed by atoms with van der Waals surface area (Å²) in [6.07, 6.45) is 0.744. The number of para-hydroxylation sites is 1. The molecule has 0 saturated carbocycles.